The second-order valence-corrected chi connectivity index (χ2v) is 7.03. The number of carbonyl (C=O) groups is 2. The first-order valence-electron chi connectivity index (χ1n) is 9.48. The number of para-hydroxylation sites is 1. The molecule has 2 heterocycles. The highest BCUT2D eigenvalue weighted by molar-refractivity contribution is 6.17. The highest BCUT2D eigenvalue weighted by Crippen LogP contribution is 2.37. The maximum atomic E-state index is 14.0. The molecule has 0 aliphatic carbocycles. The zero-order chi connectivity index (χ0) is 19.8. The molecule has 0 radical (unpaired) electrons. The zero-order valence-electron chi connectivity index (χ0n) is 16.0. The molecule has 144 valence electrons. The van der Waals surface area contributed by atoms with Crippen LogP contribution in [0.25, 0.3) is 10.9 Å². The van der Waals surface area contributed by atoms with Crippen molar-refractivity contribution in [2.75, 3.05) is 16.8 Å². The topological polar surface area (TPSA) is 54.3 Å². The molecule has 1 N–H and O–H groups in total. The number of nitrogens with zero attached hydrogens (tertiary/aromatic N) is 2. The summed E-state index contributed by atoms with van der Waals surface area (Å²) in [7, 11) is 1.77. The van der Waals surface area contributed by atoms with E-state index in [1.165, 1.54) is 12.1 Å². The molecule has 0 bridgehead atoms. The van der Waals surface area contributed by atoms with Gasteiger partial charge in [0, 0.05) is 31.1 Å². The summed E-state index contributed by atoms with van der Waals surface area (Å²) in [6.07, 6.45) is 1.95. The van der Waals surface area contributed by atoms with Gasteiger partial charge in [0.1, 0.15) is 11.5 Å². The molecule has 0 atom stereocenters. The lowest BCUT2D eigenvalue weighted by molar-refractivity contribution is -0.117. The summed E-state index contributed by atoms with van der Waals surface area (Å²) in [5.74, 6) is -0.747. The van der Waals surface area contributed by atoms with Crippen LogP contribution in [0.5, 0.6) is 0 Å². The lowest BCUT2D eigenvalue weighted by Crippen LogP contribution is -2.27. The average molecular weight is 379 g/mol. The molecular weight excluding hydrogens is 357 g/mol. The molecule has 0 saturated carbocycles. The predicted octanol–water partition coefficient (Wildman–Crippen LogP) is 4.26. The lowest BCUT2D eigenvalue weighted by Gasteiger charge is -2.18. The van der Waals surface area contributed by atoms with Crippen molar-refractivity contribution in [3.8, 4) is 0 Å². The number of halogens is 1. The number of aromatic nitrogens is 1. The summed E-state index contributed by atoms with van der Waals surface area (Å²) < 4.78 is 15.7. The van der Waals surface area contributed by atoms with Crippen molar-refractivity contribution in [2.24, 2.45) is 7.05 Å². The molecule has 0 unspecified atom stereocenters. The first-order valence-corrected chi connectivity index (χ1v) is 9.48. The Labute approximate surface area is 162 Å². The normalized spacial score (nSPS) is 14.1. The number of benzene rings is 2. The number of fused-ring (bicyclic) bond motifs is 1. The Hall–Kier alpha value is -3.15. The number of amides is 2. The quantitative estimate of drug-likeness (QED) is 0.736. The molecule has 3 aromatic rings. The van der Waals surface area contributed by atoms with Gasteiger partial charge < -0.3 is 14.8 Å². The van der Waals surface area contributed by atoms with Crippen LogP contribution in [-0.2, 0) is 18.3 Å². The van der Waals surface area contributed by atoms with E-state index in [4.69, 9.17) is 0 Å². The van der Waals surface area contributed by atoms with Crippen LogP contribution in [0.2, 0.25) is 0 Å². The standard InChI is InChI=1S/C22H22FN3O2/c1-3-14-7-4-5-8-17(14)24-22(28)21-20(26-12-6-9-19(26)27)16-13-15(23)10-11-18(16)25(21)2/h4-5,7-8,10-11,13H,3,6,9,12H2,1-2H3,(H,24,28). The fraction of sp³-hybridized carbons (Fsp3) is 0.273. The van der Waals surface area contributed by atoms with Crippen LogP contribution in [0, 0.1) is 5.82 Å². The van der Waals surface area contributed by atoms with Gasteiger partial charge in [-0.25, -0.2) is 4.39 Å². The van der Waals surface area contributed by atoms with E-state index in [1.807, 2.05) is 31.2 Å². The second-order valence-electron chi connectivity index (χ2n) is 7.03. The third-order valence-electron chi connectivity index (χ3n) is 5.34. The maximum absolute atomic E-state index is 14.0. The Balaban J connectivity index is 1.87. The van der Waals surface area contributed by atoms with Gasteiger partial charge in [0.15, 0.2) is 0 Å². The number of rotatable bonds is 4. The van der Waals surface area contributed by atoms with Gasteiger partial charge in [-0.15, -0.1) is 0 Å². The number of hydrogen-bond acceptors (Lipinski definition) is 2. The highest BCUT2D eigenvalue weighted by atomic mass is 19.1. The molecule has 1 aliphatic heterocycles. The first-order chi connectivity index (χ1) is 13.5. The van der Waals surface area contributed by atoms with Crippen LogP contribution in [0.4, 0.5) is 15.8 Å². The van der Waals surface area contributed by atoms with Crippen molar-refractivity contribution >= 4 is 34.1 Å². The Morgan fingerprint density at radius 1 is 1.21 bits per heavy atom. The maximum Gasteiger partial charge on any atom is 0.274 e. The van der Waals surface area contributed by atoms with E-state index < -0.39 is 5.82 Å². The van der Waals surface area contributed by atoms with Crippen molar-refractivity contribution in [3.05, 3.63) is 59.5 Å². The fourth-order valence-corrected chi connectivity index (χ4v) is 3.95. The summed E-state index contributed by atoms with van der Waals surface area (Å²) in [5, 5.41) is 3.56. The van der Waals surface area contributed by atoms with Gasteiger partial charge in [-0.05, 0) is 42.7 Å². The summed E-state index contributed by atoms with van der Waals surface area (Å²) in [4.78, 5) is 27.3. The van der Waals surface area contributed by atoms with Crippen molar-refractivity contribution in [2.45, 2.75) is 26.2 Å². The van der Waals surface area contributed by atoms with Crippen molar-refractivity contribution < 1.29 is 14.0 Å². The molecule has 5 nitrogen and oxygen atoms in total. The predicted molar refractivity (Wildman–Crippen MR) is 108 cm³/mol. The number of nitrogens with one attached hydrogen (secondary N) is 1. The summed E-state index contributed by atoms with van der Waals surface area (Å²) >= 11 is 0. The van der Waals surface area contributed by atoms with Crippen LogP contribution < -0.4 is 10.2 Å². The number of hydrogen-bond donors (Lipinski definition) is 1. The molecule has 0 spiro atoms. The highest BCUT2D eigenvalue weighted by Gasteiger charge is 2.31. The van der Waals surface area contributed by atoms with Gasteiger partial charge in [-0.1, -0.05) is 25.1 Å². The minimum absolute atomic E-state index is 0.0419. The number of aryl methyl sites for hydroxylation is 2. The molecule has 2 amide bonds. The molecule has 1 fully saturated rings. The van der Waals surface area contributed by atoms with Crippen LogP contribution in [-0.4, -0.2) is 22.9 Å². The second kappa shape index (κ2) is 7.11. The molecule has 6 heteroatoms. The Morgan fingerprint density at radius 2 is 2.00 bits per heavy atom. The van der Waals surface area contributed by atoms with Crippen molar-refractivity contribution in [1.82, 2.24) is 4.57 Å². The van der Waals surface area contributed by atoms with E-state index in [2.05, 4.69) is 5.32 Å². The van der Waals surface area contributed by atoms with Crippen LogP contribution in [0.3, 0.4) is 0 Å². The van der Waals surface area contributed by atoms with Gasteiger partial charge >= 0.3 is 0 Å². The minimum Gasteiger partial charge on any atom is -0.338 e. The van der Waals surface area contributed by atoms with Gasteiger partial charge in [-0.2, -0.15) is 0 Å². The van der Waals surface area contributed by atoms with Gasteiger partial charge in [0.2, 0.25) is 5.91 Å². The smallest absolute Gasteiger partial charge is 0.274 e. The van der Waals surface area contributed by atoms with E-state index in [-0.39, 0.29) is 11.8 Å². The van der Waals surface area contributed by atoms with Crippen molar-refractivity contribution in [3.63, 3.8) is 0 Å². The Kier molecular flexibility index (Phi) is 4.63. The SMILES string of the molecule is CCc1ccccc1NC(=O)c1c(N2CCCC2=O)c2cc(F)ccc2n1C. The first kappa shape index (κ1) is 18.2. The van der Waals surface area contributed by atoms with Gasteiger partial charge in [-0.3, -0.25) is 9.59 Å². The summed E-state index contributed by atoms with van der Waals surface area (Å²) in [5.41, 5.74) is 3.34. The Bertz CT molecular complexity index is 1090. The van der Waals surface area contributed by atoms with E-state index >= 15 is 0 Å². The molecule has 1 saturated heterocycles. The van der Waals surface area contributed by atoms with Gasteiger partial charge in [0.05, 0.1) is 11.2 Å². The zero-order valence-corrected chi connectivity index (χ0v) is 16.0. The molecule has 2 aromatic carbocycles. The largest absolute Gasteiger partial charge is 0.338 e. The molecular formula is C22H22FN3O2. The molecule has 28 heavy (non-hydrogen) atoms. The monoisotopic (exact) mass is 379 g/mol. The van der Waals surface area contributed by atoms with Crippen LogP contribution in [0.1, 0.15) is 35.8 Å². The van der Waals surface area contributed by atoms with Crippen LogP contribution >= 0.6 is 0 Å². The van der Waals surface area contributed by atoms with Crippen LogP contribution in [0.15, 0.2) is 42.5 Å². The minimum atomic E-state index is -0.394. The Morgan fingerprint density at radius 3 is 2.71 bits per heavy atom. The summed E-state index contributed by atoms with van der Waals surface area (Å²) in [6.45, 7) is 2.55. The third-order valence-corrected chi connectivity index (χ3v) is 5.34. The number of anilines is 2. The van der Waals surface area contributed by atoms with E-state index in [0.717, 1.165) is 24.1 Å². The van der Waals surface area contributed by atoms with E-state index in [0.29, 0.717) is 35.2 Å². The lowest BCUT2D eigenvalue weighted by atomic mass is 10.1. The van der Waals surface area contributed by atoms with E-state index in [1.54, 1.807) is 22.6 Å². The molecule has 4 rings (SSSR count). The molecule has 1 aromatic heterocycles. The van der Waals surface area contributed by atoms with Gasteiger partial charge in [0.25, 0.3) is 5.91 Å². The molecule has 1 aliphatic rings. The number of carbonyl (C=O) groups excluding carboxylic acids is 2. The average Bonchev–Trinajstić information content (AvgIpc) is 3.22. The van der Waals surface area contributed by atoms with Crippen molar-refractivity contribution in [1.29, 1.82) is 0 Å². The van der Waals surface area contributed by atoms with E-state index in [9.17, 15) is 14.0 Å². The third kappa shape index (κ3) is 2.95. The fourth-order valence-electron chi connectivity index (χ4n) is 3.95. The summed E-state index contributed by atoms with van der Waals surface area (Å²) in [6, 6.07) is 12.0.